The summed E-state index contributed by atoms with van der Waals surface area (Å²) >= 11 is 0. The molecule has 0 amide bonds. The summed E-state index contributed by atoms with van der Waals surface area (Å²) < 4.78 is 11.3. The number of nitrogens with zero attached hydrogens (tertiary/aromatic N) is 1. The summed E-state index contributed by atoms with van der Waals surface area (Å²) in [6.07, 6.45) is 7.84. The highest BCUT2D eigenvalue weighted by Gasteiger charge is 2.55. The van der Waals surface area contributed by atoms with Gasteiger partial charge in [-0.2, -0.15) is 0 Å². The SMILES string of the molecule is COC(C(O)CN1CCOCC1)C12CC3CC(CC(C3)C1)C2.Cl. The van der Waals surface area contributed by atoms with Crippen molar-refractivity contribution in [3.05, 3.63) is 0 Å². The molecule has 23 heavy (non-hydrogen) atoms. The first-order valence-corrected chi connectivity index (χ1v) is 9.19. The second-order valence-corrected chi connectivity index (χ2v) is 8.42. The minimum absolute atomic E-state index is 0. The topological polar surface area (TPSA) is 41.9 Å². The third-order valence-electron chi connectivity index (χ3n) is 6.84. The molecule has 1 aliphatic heterocycles. The second-order valence-electron chi connectivity index (χ2n) is 8.42. The van der Waals surface area contributed by atoms with Crippen LogP contribution in [0.2, 0.25) is 0 Å². The highest BCUT2D eigenvalue weighted by atomic mass is 35.5. The van der Waals surface area contributed by atoms with Gasteiger partial charge in [0.05, 0.1) is 25.4 Å². The maximum Gasteiger partial charge on any atom is 0.0933 e. The Morgan fingerprint density at radius 1 is 1.09 bits per heavy atom. The van der Waals surface area contributed by atoms with Crippen molar-refractivity contribution in [3.8, 4) is 0 Å². The number of hydrogen-bond donors (Lipinski definition) is 1. The van der Waals surface area contributed by atoms with Crippen molar-refractivity contribution in [1.82, 2.24) is 4.90 Å². The van der Waals surface area contributed by atoms with Crippen LogP contribution in [0.4, 0.5) is 0 Å². The number of ether oxygens (including phenoxy) is 2. The Balaban J connectivity index is 0.00000156. The average Bonchev–Trinajstić information content (AvgIpc) is 2.47. The summed E-state index contributed by atoms with van der Waals surface area (Å²) in [5.41, 5.74) is 0.259. The Hall–Kier alpha value is 0.130. The first kappa shape index (κ1) is 17.9. The fraction of sp³-hybridized carbons (Fsp3) is 1.00. The lowest BCUT2D eigenvalue weighted by atomic mass is 9.47. The lowest BCUT2D eigenvalue weighted by Crippen LogP contribution is -2.57. The first-order valence-electron chi connectivity index (χ1n) is 9.19. The number of hydrogen-bond acceptors (Lipinski definition) is 4. The molecular weight excluding hydrogens is 314 g/mol. The van der Waals surface area contributed by atoms with Crippen LogP contribution in [0.25, 0.3) is 0 Å². The minimum Gasteiger partial charge on any atom is -0.389 e. The fourth-order valence-electron chi connectivity index (χ4n) is 6.49. The monoisotopic (exact) mass is 345 g/mol. The van der Waals surface area contributed by atoms with E-state index in [9.17, 15) is 5.11 Å². The molecule has 134 valence electrons. The molecule has 5 fully saturated rings. The molecule has 2 atom stereocenters. The van der Waals surface area contributed by atoms with Crippen LogP contribution < -0.4 is 0 Å². The van der Waals surface area contributed by atoms with E-state index in [1.54, 1.807) is 0 Å². The highest BCUT2D eigenvalue weighted by molar-refractivity contribution is 5.85. The zero-order valence-electron chi connectivity index (χ0n) is 14.3. The van der Waals surface area contributed by atoms with E-state index in [-0.39, 0.29) is 30.0 Å². The molecule has 4 nitrogen and oxygen atoms in total. The molecule has 5 rings (SSSR count). The van der Waals surface area contributed by atoms with Gasteiger partial charge in [-0.25, -0.2) is 0 Å². The van der Waals surface area contributed by atoms with Crippen molar-refractivity contribution in [3.63, 3.8) is 0 Å². The van der Waals surface area contributed by atoms with Crippen LogP contribution in [0, 0.1) is 23.2 Å². The molecule has 0 spiro atoms. The van der Waals surface area contributed by atoms with Crippen molar-refractivity contribution >= 4 is 12.4 Å². The van der Waals surface area contributed by atoms with E-state index in [4.69, 9.17) is 9.47 Å². The molecule has 0 aromatic carbocycles. The minimum atomic E-state index is -0.362. The fourth-order valence-corrected chi connectivity index (χ4v) is 6.49. The predicted octanol–water partition coefficient (Wildman–Crippen LogP) is 2.33. The van der Waals surface area contributed by atoms with E-state index in [1.807, 2.05) is 7.11 Å². The molecule has 0 radical (unpaired) electrons. The number of aliphatic hydroxyl groups is 1. The molecule has 4 aliphatic carbocycles. The highest BCUT2D eigenvalue weighted by Crippen LogP contribution is 2.62. The van der Waals surface area contributed by atoms with Crippen molar-refractivity contribution in [2.24, 2.45) is 23.2 Å². The van der Waals surface area contributed by atoms with Gasteiger partial charge in [0.2, 0.25) is 0 Å². The Morgan fingerprint density at radius 2 is 1.61 bits per heavy atom. The summed E-state index contributed by atoms with van der Waals surface area (Å²) in [7, 11) is 1.81. The number of methoxy groups -OCH3 is 1. The van der Waals surface area contributed by atoms with E-state index in [0.717, 1.165) is 50.6 Å². The molecule has 0 aromatic rings. The number of β-amino-alcohol motifs (C(OH)–C–C–N with tert-alkyl or cyclic N) is 1. The van der Waals surface area contributed by atoms with Crippen LogP contribution in [0.1, 0.15) is 38.5 Å². The van der Waals surface area contributed by atoms with Gasteiger partial charge >= 0.3 is 0 Å². The summed E-state index contributed by atoms with van der Waals surface area (Å²) in [5.74, 6) is 2.71. The van der Waals surface area contributed by atoms with E-state index >= 15 is 0 Å². The summed E-state index contributed by atoms with van der Waals surface area (Å²) in [6.45, 7) is 4.20. The Morgan fingerprint density at radius 3 is 2.09 bits per heavy atom. The molecule has 1 heterocycles. The van der Waals surface area contributed by atoms with Crippen LogP contribution in [0.5, 0.6) is 0 Å². The maximum atomic E-state index is 10.9. The van der Waals surface area contributed by atoms with E-state index in [0.29, 0.717) is 0 Å². The average molecular weight is 346 g/mol. The van der Waals surface area contributed by atoms with E-state index in [1.165, 1.54) is 38.5 Å². The number of aliphatic hydroxyl groups excluding tert-OH is 1. The summed E-state index contributed by atoms with van der Waals surface area (Å²) in [6, 6.07) is 0. The molecule has 1 N–H and O–H groups in total. The van der Waals surface area contributed by atoms with Gasteiger partial charge in [-0.3, -0.25) is 4.90 Å². The number of rotatable bonds is 5. The Kier molecular flexibility index (Phi) is 5.59. The third kappa shape index (κ3) is 3.43. The first-order chi connectivity index (χ1) is 10.7. The van der Waals surface area contributed by atoms with Gasteiger partial charge < -0.3 is 14.6 Å². The number of morpholine rings is 1. The largest absolute Gasteiger partial charge is 0.389 e. The lowest BCUT2D eigenvalue weighted by molar-refractivity contribution is -0.170. The lowest BCUT2D eigenvalue weighted by Gasteiger charge is -2.59. The van der Waals surface area contributed by atoms with Gasteiger partial charge in [0.15, 0.2) is 0 Å². The molecule has 1 saturated heterocycles. The van der Waals surface area contributed by atoms with Gasteiger partial charge in [0.25, 0.3) is 0 Å². The molecule has 5 heteroatoms. The molecule has 5 aliphatic rings. The summed E-state index contributed by atoms with van der Waals surface area (Å²) in [4.78, 5) is 2.33. The van der Waals surface area contributed by atoms with Crippen LogP contribution in [-0.4, -0.2) is 62.2 Å². The van der Waals surface area contributed by atoms with Gasteiger partial charge in [-0.05, 0) is 61.7 Å². The third-order valence-corrected chi connectivity index (χ3v) is 6.84. The van der Waals surface area contributed by atoms with Gasteiger partial charge in [-0.15, -0.1) is 12.4 Å². The molecule has 4 bridgehead atoms. The predicted molar refractivity (Wildman–Crippen MR) is 91.9 cm³/mol. The Labute approximate surface area is 146 Å². The standard InChI is InChI=1S/C18H31NO3.ClH/c1-21-17(16(20)12-19-2-4-22-5-3-19)18-9-13-6-14(10-18)8-15(7-13)11-18;/h13-17,20H,2-12H2,1H3;1H. The number of halogens is 1. The normalized spacial score (nSPS) is 42.3. The van der Waals surface area contributed by atoms with E-state index < -0.39 is 0 Å². The Bertz CT molecular complexity index is 364. The van der Waals surface area contributed by atoms with Crippen LogP contribution >= 0.6 is 12.4 Å². The van der Waals surface area contributed by atoms with Crippen molar-refractivity contribution in [2.45, 2.75) is 50.7 Å². The van der Waals surface area contributed by atoms with Crippen molar-refractivity contribution < 1.29 is 14.6 Å². The zero-order valence-corrected chi connectivity index (χ0v) is 15.1. The van der Waals surface area contributed by atoms with Crippen molar-refractivity contribution in [1.29, 1.82) is 0 Å². The smallest absolute Gasteiger partial charge is 0.0933 e. The van der Waals surface area contributed by atoms with Gasteiger partial charge in [-0.1, -0.05) is 0 Å². The quantitative estimate of drug-likeness (QED) is 0.830. The van der Waals surface area contributed by atoms with Gasteiger partial charge in [0, 0.05) is 26.7 Å². The van der Waals surface area contributed by atoms with Crippen molar-refractivity contribution in [2.75, 3.05) is 40.0 Å². The molecule has 2 unspecified atom stereocenters. The van der Waals surface area contributed by atoms with Crippen LogP contribution in [0.3, 0.4) is 0 Å². The van der Waals surface area contributed by atoms with Crippen LogP contribution in [0.15, 0.2) is 0 Å². The molecular formula is C18H32ClNO3. The molecule has 0 aromatic heterocycles. The second kappa shape index (κ2) is 7.17. The summed E-state index contributed by atoms with van der Waals surface area (Å²) in [5, 5.41) is 10.9. The van der Waals surface area contributed by atoms with Crippen LogP contribution in [-0.2, 0) is 9.47 Å². The molecule has 4 saturated carbocycles. The zero-order chi connectivity index (χ0) is 15.2. The van der Waals surface area contributed by atoms with Gasteiger partial charge in [0.1, 0.15) is 0 Å². The van der Waals surface area contributed by atoms with E-state index in [2.05, 4.69) is 4.90 Å². The maximum absolute atomic E-state index is 10.9.